The zero-order valence-corrected chi connectivity index (χ0v) is 45.2. The van der Waals surface area contributed by atoms with Crippen molar-refractivity contribution in [2.24, 2.45) is 0 Å². The number of nitrogens with one attached hydrogen (secondary N) is 1. The number of hydrogen-bond donors (Lipinski definition) is 3. The van der Waals surface area contributed by atoms with Crippen LogP contribution in [0.2, 0.25) is 0 Å². The molecule has 0 aromatic carbocycles. The van der Waals surface area contributed by atoms with Crippen molar-refractivity contribution < 1.29 is 24.5 Å². The summed E-state index contributed by atoms with van der Waals surface area (Å²) in [5.41, 5.74) is 0. The number of aliphatic hydroxyl groups excluding tert-OH is 2. The quantitative estimate of drug-likeness (QED) is 0.0244. The third-order valence-corrected chi connectivity index (χ3v) is 12.7. The van der Waals surface area contributed by atoms with Crippen molar-refractivity contribution in [1.29, 1.82) is 0 Å². The minimum Gasteiger partial charge on any atom is -0.462 e. The Kier molecular flexibility index (Phi) is 53.1. The van der Waals surface area contributed by atoms with Crippen LogP contribution in [0.1, 0.15) is 265 Å². The van der Waals surface area contributed by atoms with Crippen LogP contribution in [-0.2, 0) is 14.3 Å². The number of hydrogen-bond acceptors (Lipinski definition) is 5. The summed E-state index contributed by atoms with van der Waals surface area (Å²) in [5, 5.41) is 23.9. The fourth-order valence-corrected chi connectivity index (χ4v) is 8.35. The SMILES string of the molecule is CCC/C=C/C=C/C=C/C=C/C=C/CCCCCC(CC(=O)NC(CO)C(O)CCCCCCCCCCCCCCCCCCC)OC(=O)CCCCCC/C=C\C/C=C\C/C=C\CCCCC. The van der Waals surface area contributed by atoms with Gasteiger partial charge in [0.25, 0.3) is 0 Å². The summed E-state index contributed by atoms with van der Waals surface area (Å²) in [6.45, 7) is 6.37. The van der Waals surface area contributed by atoms with Crippen LogP contribution >= 0.6 is 0 Å². The number of esters is 1. The van der Waals surface area contributed by atoms with E-state index in [1.807, 2.05) is 36.5 Å². The molecule has 0 saturated carbocycles. The molecule has 0 spiro atoms. The molecule has 1 amide bonds. The molecule has 69 heavy (non-hydrogen) atoms. The highest BCUT2D eigenvalue weighted by Gasteiger charge is 2.24. The van der Waals surface area contributed by atoms with Crippen molar-refractivity contribution in [3.63, 3.8) is 0 Å². The molecule has 0 aliphatic carbocycles. The van der Waals surface area contributed by atoms with Crippen molar-refractivity contribution in [1.82, 2.24) is 5.32 Å². The number of amides is 1. The first-order valence-electron chi connectivity index (χ1n) is 29.0. The summed E-state index contributed by atoms with van der Waals surface area (Å²) in [4.78, 5) is 26.3. The third kappa shape index (κ3) is 51.0. The molecule has 0 aromatic rings. The van der Waals surface area contributed by atoms with Gasteiger partial charge in [-0.2, -0.15) is 0 Å². The zero-order valence-electron chi connectivity index (χ0n) is 45.2. The highest BCUT2D eigenvalue weighted by molar-refractivity contribution is 5.77. The van der Waals surface area contributed by atoms with Gasteiger partial charge in [-0.25, -0.2) is 0 Å². The molecule has 0 heterocycles. The van der Waals surface area contributed by atoms with Gasteiger partial charge in [0.2, 0.25) is 5.91 Å². The molecule has 0 aromatic heterocycles. The maximum absolute atomic E-state index is 13.3. The van der Waals surface area contributed by atoms with E-state index in [0.717, 1.165) is 96.3 Å². The van der Waals surface area contributed by atoms with Gasteiger partial charge in [0.15, 0.2) is 0 Å². The third-order valence-electron chi connectivity index (χ3n) is 12.7. The maximum Gasteiger partial charge on any atom is 0.306 e. The Bertz CT molecular complexity index is 1350. The van der Waals surface area contributed by atoms with Gasteiger partial charge in [0.05, 0.1) is 25.2 Å². The van der Waals surface area contributed by atoms with Crippen LogP contribution in [-0.4, -0.2) is 46.9 Å². The topological polar surface area (TPSA) is 95.9 Å². The molecule has 0 aliphatic rings. The Morgan fingerprint density at radius 2 is 0.826 bits per heavy atom. The van der Waals surface area contributed by atoms with E-state index < -0.39 is 18.2 Å². The van der Waals surface area contributed by atoms with Gasteiger partial charge in [-0.3, -0.25) is 9.59 Å². The van der Waals surface area contributed by atoms with E-state index in [4.69, 9.17) is 4.74 Å². The highest BCUT2D eigenvalue weighted by Crippen LogP contribution is 2.18. The molecule has 6 heteroatoms. The second-order valence-electron chi connectivity index (χ2n) is 19.5. The molecule has 3 N–H and O–H groups in total. The number of carbonyl (C=O) groups is 2. The highest BCUT2D eigenvalue weighted by atomic mass is 16.5. The molecule has 0 fully saturated rings. The van der Waals surface area contributed by atoms with Gasteiger partial charge < -0.3 is 20.3 Å². The van der Waals surface area contributed by atoms with Crippen LogP contribution in [0.3, 0.4) is 0 Å². The maximum atomic E-state index is 13.3. The fraction of sp³-hybridized carbons (Fsp3) is 0.714. The predicted octanol–water partition coefficient (Wildman–Crippen LogP) is 18.1. The predicted molar refractivity (Wildman–Crippen MR) is 300 cm³/mol. The van der Waals surface area contributed by atoms with Gasteiger partial charge >= 0.3 is 5.97 Å². The molecule has 3 unspecified atom stereocenters. The summed E-state index contributed by atoms with van der Waals surface area (Å²) >= 11 is 0. The van der Waals surface area contributed by atoms with Crippen LogP contribution in [0.5, 0.6) is 0 Å². The molecular formula is C63H109NO5. The van der Waals surface area contributed by atoms with Gasteiger partial charge in [0, 0.05) is 6.42 Å². The minimum atomic E-state index is -0.811. The summed E-state index contributed by atoms with van der Waals surface area (Å²) < 4.78 is 5.93. The summed E-state index contributed by atoms with van der Waals surface area (Å²) in [5.74, 6) is -0.543. The Morgan fingerprint density at radius 1 is 0.435 bits per heavy atom. The number of ether oxygens (including phenoxy) is 1. The molecule has 0 bridgehead atoms. The smallest absolute Gasteiger partial charge is 0.306 e. The van der Waals surface area contributed by atoms with Crippen molar-refractivity contribution in [2.75, 3.05) is 6.61 Å². The summed E-state index contributed by atoms with van der Waals surface area (Å²) in [6.07, 6.45) is 74.6. The van der Waals surface area contributed by atoms with Crippen LogP contribution < -0.4 is 5.32 Å². The first-order valence-corrected chi connectivity index (χ1v) is 29.0. The van der Waals surface area contributed by atoms with E-state index in [-0.39, 0.29) is 24.9 Å². The zero-order chi connectivity index (χ0) is 50.2. The normalized spacial score (nSPS) is 13.9. The Labute approximate surface area is 426 Å². The molecule has 396 valence electrons. The van der Waals surface area contributed by atoms with Crippen molar-refractivity contribution in [2.45, 2.75) is 283 Å². The van der Waals surface area contributed by atoms with E-state index in [0.29, 0.717) is 19.3 Å². The van der Waals surface area contributed by atoms with Crippen molar-refractivity contribution in [3.8, 4) is 0 Å². The Morgan fingerprint density at radius 3 is 1.35 bits per heavy atom. The molecule has 0 saturated heterocycles. The number of unbranched alkanes of at least 4 members (excludes halogenated alkanes) is 27. The minimum absolute atomic E-state index is 0.0355. The van der Waals surface area contributed by atoms with E-state index >= 15 is 0 Å². The lowest BCUT2D eigenvalue weighted by Crippen LogP contribution is -2.46. The number of carbonyl (C=O) groups excluding carboxylic acids is 2. The van der Waals surface area contributed by atoms with Crippen LogP contribution in [0.4, 0.5) is 0 Å². The lowest BCUT2D eigenvalue weighted by atomic mass is 10.0. The average molecular weight is 961 g/mol. The Hall–Kier alpha value is -3.22. The first kappa shape index (κ1) is 65.8. The summed E-state index contributed by atoms with van der Waals surface area (Å²) in [7, 11) is 0. The number of rotatable bonds is 51. The van der Waals surface area contributed by atoms with Gasteiger partial charge in [-0.15, -0.1) is 0 Å². The van der Waals surface area contributed by atoms with Gasteiger partial charge in [-0.05, 0) is 83.5 Å². The standard InChI is InChI=1S/C63H109NO5/c1-4-7-10-13-16-19-22-25-28-31-34-37-40-43-46-49-52-55-61(66)60(58-65)64-62(67)57-59(54-51-48-45-42-39-36-33-30-27-24-21-18-15-12-9-6-3)69-63(68)56-53-50-47-44-41-38-35-32-29-26-23-20-17-14-11-8-5-2/h12,15,17-18,20-21,24,26-27,29-30,33,35-36,38-39,59-61,65-66H,4-11,13-14,16,19,22-23,25,28,31-32,34,37,40-58H2,1-3H3,(H,64,67)/b15-12+,20-17-,21-18+,27-24+,29-26-,33-30+,38-35-,39-36+. The number of aliphatic hydroxyl groups is 2. The van der Waals surface area contributed by atoms with Crippen LogP contribution in [0, 0.1) is 0 Å². The second kappa shape index (κ2) is 55.7. The van der Waals surface area contributed by atoms with E-state index in [1.165, 1.54) is 122 Å². The molecule has 0 radical (unpaired) electrons. The molecule has 0 rings (SSSR count). The summed E-state index contributed by atoms with van der Waals surface area (Å²) in [6, 6.07) is -0.728. The number of allylic oxidation sites excluding steroid dienone is 16. The average Bonchev–Trinajstić information content (AvgIpc) is 3.34. The van der Waals surface area contributed by atoms with E-state index in [2.05, 4.69) is 86.8 Å². The van der Waals surface area contributed by atoms with Crippen molar-refractivity contribution >= 4 is 11.9 Å². The fourth-order valence-electron chi connectivity index (χ4n) is 8.35. The van der Waals surface area contributed by atoms with Crippen molar-refractivity contribution in [3.05, 3.63) is 97.2 Å². The molecular weight excluding hydrogens is 851 g/mol. The first-order chi connectivity index (χ1) is 34.0. The lowest BCUT2D eigenvalue weighted by Gasteiger charge is -2.24. The molecule has 3 atom stereocenters. The van der Waals surface area contributed by atoms with E-state index in [9.17, 15) is 19.8 Å². The Balaban J connectivity index is 4.68. The molecule has 6 nitrogen and oxygen atoms in total. The lowest BCUT2D eigenvalue weighted by molar-refractivity contribution is -0.151. The van der Waals surface area contributed by atoms with Crippen LogP contribution in [0.15, 0.2) is 97.2 Å². The second-order valence-corrected chi connectivity index (χ2v) is 19.5. The molecule has 0 aliphatic heterocycles. The largest absolute Gasteiger partial charge is 0.462 e. The van der Waals surface area contributed by atoms with E-state index in [1.54, 1.807) is 0 Å². The monoisotopic (exact) mass is 960 g/mol. The van der Waals surface area contributed by atoms with Crippen LogP contribution in [0.25, 0.3) is 0 Å². The van der Waals surface area contributed by atoms with Gasteiger partial charge in [0.1, 0.15) is 6.10 Å². The van der Waals surface area contributed by atoms with Gasteiger partial charge in [-0.1, -0.05) is 266 Å².